The Morgan fingerprint density at radius 2 is 2.28 bits per heavy atom. The summed E-state index contributed by atoms with van der Waals surface area (Å²) < 4.78 is 5.54. The van der Waals surface area contributed by atoms with Crippen LogP contribution in [0, 0.1) is 17.3 Å². The van der Waals surface area contributed by atoms with Gasteiger partial charge in [0.1, 0.15) is 6.10 Å². The number of esters is 1. The first-order chi connectivity index (χ1) is 8.45. The van der Waals surface area contributed by atoms with E-state index in [9.17, 15) is 9.90 Å². The molecule has 3 heteroatoms. The van der Waals surface area contributed by atoms with Crippen LogP contribution in [0.4, 0.5) is 0 Å². The maximum atomic E-state index is 11.7. The first kappa shape index (κ1) is 12.0. The zero-order valence-corrected chi connectivity index (χ0v) is 11.0. The van der Waals surface area contributed by atoms with Crippen LogP contribution >= 0.6 is 0 Å². The van der Waals surface area contributed by atoms with Crippen LogP contribution in [0.3, 0.4) is 0 Å². The van der Waals surface area contributed by atoms with Crippen LogP contribution in [0.15, 0.2) is 23.8 Å². The molecule has 3 nitrogen and oxygen atoms in total. The van der Waals surface area contributed by atoms with Gasteiger partial charge in [-0.15, -0.1) is 0 Å². The van der Waals surface area contributed by atoms with Gasteiger partial charge in [0.2, 0.25) is 0 Å². The summed E-state index contributed by atoms with van der Waals surface area (Å²) in [6.07, 6.45) is 4.18. The van der Waals surface area contributed by atoms with Crippen LogP contribution in [-0.2, 0) is 9.53 Å². The lowest BCUT2D eigenvalue weighted by atomic mass is 9.55. The van der Waals surface area contributed by atoms with Crippen LogP contribution in [-0.4, -0.2) is 23.3 Å². The third kappa shape index (κ3) is 1.37. The molecule has 1 saturated heterocycles. The zero-order chi connectivity index (χ0) is 13.1. The van der Waals surface area contributed by atoms with Crippen molar-refractivity contribution in [3.8, 4) is 0 Å². The third-order valence-electron chi connectivity index (χ3n) is 5.30. The molecule has 0 unspecified atom stereocenters. The van der Waals surface area contributed by atoms with Crippen LogP contribution in [0.5, 0.6) is 0 Å². The molecule has 1 N–H and O–H groups in total. The number of hydrogen-bond donors (Lipinski definition) is 1. The van der Waals surface area contributed by atoms with E-state index in [1.807, 2.05) is 0 Å². The van der Waals surface area contributed by atoms with E-state index in [-0.39, 0.29) is 35.4 Å². The minimum absolute atomic E-state index is 0.116. The molecule has 0 aromatic rings. The van der Waals surface area contributed by atoms with E-state index < -0.39 is 0 Å². The third-order valence-corrected chi connectivity index (χ3v) is 5.30. The van der Waals surface area contributed by atoms with Gasteiger partial charge in [-0.2, -0.15) is 0 Å². The van der Waals surface area contributed by atoms with E-state index >= 15 is 0 Å². The molecular weight excluding hydrogens is 228 g/mol. The Morgan fingerprint density at radius 3 is 3.00 bits per heavy atom. The number of rotatable bonds is 0. The second-order valence-corrected chi connectivity index (χ2v) is 6.22. The highest BCUT2D eigenvalue weighted by atomic mass is 16.6. The van der Waals surface area contributed by atoms with Gasteiger partial charge in [0, 0.05) is 22.8 Å². The minimum atomic E-state index is -0.334. The second-order valence-electron chi connectivity index (χ2n) is 6.22. The van der Waals surface area contributed by atoms with Gasteiger partial charge in [-0.05, 0) is 26.2 Å². The lowest BCUT2D eigenvalue weighted by Crippen LogP contribution is -2.52. The van der Waals surface area contributed by atoms with Gasteiger partial charge in [-0.3, -0.25) is 0 Å². The fourth-order valence-electron chi connectivity index (χ4n) is 4.11. The molecule has 0 amide bonds. The molecule has 0 spiro atoms. The van der Waals surface area contributed by atoms with Crippen LogP contribution in [0.25, 0.3) is 0 Å². The van der Waals surface area contributed by atoms with Crippen molar-refractivity contribution >= 4 is 5.97 Å². The highest BCUT2D eigenvalue weighted by molar-refractivity contribution is 5.91. The van der Waals surface area contributed by atoms with Crippen LogP contribution in [0.1, 0.15) is 33.1 Å². The molecule has 5 atom stereocenters. The Bertz CT molecular complexity index is 451. The Hall–Kier alpha value is -1.09. The van der Waals surface area contributed by atoms with Crippen LogP contribution in [0.2, 0.25) is 0 Å². The molecule has 0 aromatic heterocycles. The maximum absolute atomic E-state index is 11.7. The molecule has 0 aromatic carbocycles. The van der Waals surface area contributed by atoms with Crippen molar-refractivity contribution < 1.29 is 14.6 Å². The average molecular weight is 248 g/mol. The van der Waals surface area contributed by atoms with Crippen molar-refractivity contribution in [3.05, 3.63) is 23.8 Å². The first-order valence-electron chi connectivity index (χ1n) is 6.69. The van der Waals surface area contributed by atoms with Gasteiger partial charge in [-0.25, -0.2) is 4.79 Å². The van der Waals surface area contributed by atoms with Crippen molar-refractivity contribution in [2.24, 2.45) is 17.3 Å². The van der Waals surface area contributed by atoms with Gasteiger partial charge in [0.15, 0.2) is 0 Å². The van der Waals surface area contributed by atoms with E-state index in [1.54, 1.807) is 0 Å². The standard InChI is InChI=1S/C15H20O3/c1-8-4-5-11(16)15(3)7-6-10-9(2)14(17)18-13(10)12(8)15/h4,10-13,16H,2,5-7H2,1,3H3/t10-,11-,12-,13-,15+/m0/s1. The van der Waals surface area contributed by atoms with Gasteiger partial charge in [0.25, 0.3) is 0 Å². The summed E-state index contributed by atoms with van der Waals surface area (Å²) in [4.78, 5) is 11.7. The average Bonchev–Trinajstić information content (AvgIpc) is 2.60. The maximum Gasteiger partial charge on any atom is 0.334 e. The summed E-state index contributed by atoms with van der Waals surface area (Å²) in [7, 11) is 0. The molecule has 3 aliphatic rings. The van der Waals surface area contributed by atoms with E-state index in [2.05, 4.69) is 26.5 Å². The highest BCUT2D eigenvalue weighted by Crippen LogP contribution is 2.56. The summed E-state index contributed by atoms with van der Waals surface area (Å²) in [5.41, 5.74) is 1.71. The SMILES string of the molecule is C=C1C(=O)O[C@H]2[C@H]1CC[C@]1(C)[C@@H](O)CC=C(C)[C@@H]21. The fourth-order valence-corrected chi connectivity index (χ4v) is 4.11. The normalized spacial score (nSPS) is 47.2. The monoisotopic (exact) mass is 248 g/mol. The molecule has 2 fully saturated rings. The number of ether oxygens (including phenoxy) is 1. The number of aliphatic hydroxyl groups is 1. The van der Waals surface area contributed by atoms with E-state index in [4.69, 9.17) is 4.74 Å². The largest absolute Gasteiger partial charge is 0.458 e. The molecule has 0 radical (unpaired) electrons. The van der Waals surface area contributed by atoms with Crippen molar-refractivity contribution in [1.29, 1.82) is 0 Å². The minimum Gasteiger partial charge on any atom is -0.458 e. The van der Waals surface area contributed by atoms with Crippen molar-refractivity contribution in [2.45, 2.75) is 45.3 Å². The lowest BCUT2D eigenvalue weighted by molar-refractivity contribution is -0.149. The van der Waals surface area contributed by atoms with Crippen molar-refractivity contribution in [2.75, 3.05) is 0 Å². The Morgan fingerprint density at radius 1 is 1.56 bits per heavy atom. The molecule has 98 valence electrons. The quantitative estimate of drug-likeness (QED) is 0.406. The topological polar surface area (TPSA) is 46.5 Å². The molecule has 1 aliphatic heterocycles. The van der Waals surface area contributed by atoms with Gasteiger partial charge in [0.05, 0.1) is 6.10 Å². The molecule has 18 heavy (non-hydrogen) atoms. The smallest absolute Gasteiger partial charge is 0.334 e. The van der Waals surface area contributed by atoms with Gasteiger partial charge in [-0.1, -0.05) is 25.2 Å². The lowest BCUT2D eigenvalue weighted by Gasteiger charge is -2.51. The van der Waals surface area contributed by atoms with Gasteiger partial charge >= 0.3 is 5.97 Å². The number of hydrogen-bond acceptors (Lipinski definition) is 3. The molecule has 2 aliphatic carbocycles. The van der Waals surface area contributed by atoms with Crippen LogP contribution < -0.4 is 0 Å². The Kier molecular flexibility index (Phi) is 2.46. The van der Waals surface area contributed by atoms with E-state index in [1.165, 1.54) is 5.57 Å². The fraction of sp³-hybridized carbons (Fsp3) is 0.667. The van der Waals surface area contributed by atoms with Gasteiger partial charge < -0.3 is 9.84 Å². The summed E-state index contributed by atoms with van der Waals surface area (Å²) in [6, 6.07) is 0. The predicted molar refractivity (Wildman–Crippen MR) is 67.7 cm³/mol. The van der Waals surface area contributed by atoms with Crippen molar-refractivity contribution in [1.82, 2.24) is 0 Å². The number of carbonyl (C=O) groups excluding carboxylic acids is 1. The number of aliphatic hydroxyl groups excluding tert-OH is 1. The number of carbonyl (C=O) groups is 1. The molecule has 1 saturated carbocycles. The summed E-state index contributed by atoms with van der Waals surface area (Å²) in [6.45, 7) is 8.09. The van der Waals surface area contributed by atoms with E-state index in [0.29, 0.717) is 12.0 Å². The second kappa shape index (κ2) is 3.70. The molecular formula is C15H20O3. The summed E-state index contributed by atoms with van der Waals surface area (Å²) in [5, 5.41) is 10.3. The van der Waals surface area contributed by atoms with E-state index in [0.717, 1.165) is 12.8 Å². The Balaban J connectivity index is 2.03. The predicted octanol–water partition coefficient (Wildman–Crippen LogP) is 2.21. The molecule has 3 rings (SSSR count). The van der Waals surface area contributed by atoms with Crippen molar-refractivity contribution in [3.63, 3.8) is 0 Å². The summed E-state index contributed by atoms with van der Waals surface area (Å²) >= 11 is 0. The first-order valence-corrected chi connectivity index (χ1v) is 6.69. The molecule has 0 bridgehead atoms. The highest BCUT2D eigenvalue weighted by Gasteiger charge is 2.57. The zero-order valence-electron chi connectivity index (χ0n) is 11.0. The molecule has 1 heterocycles. The summed E-state index contributed by atoms with van der Waals surface area (Å²) in [5.74, 6) is 0.0366. The number of fused-ring (bicyclic) bond motifs is 3. The Labute approximate surface area is 108 Å².